The van der Waals surface area contributed by atoms with Gasteiger partial charge >= 0.3 is 0 Å². The lowest BCUT2D eigenvalue weighted by molar-refractivity contribution is 0.112. The van der Waals surface area contributed by atoms with Crippen molar-refractivity contribution in [2.75, 3.05) is 32.7 Å². The van der Waals surface area contributed by atoms with Crippen LogP contribution in [-0.2, 0) is 6.42 Å². The van der Waals surface area contributed by atoms with Crippen molar-refractivity contribution < 1.29 is 9.18 Å². The van der Waals surface area contributed by atoms with Crippen LogP contribution in [0.5, 0.6) is 0 Å². The predicted octanol–water partition coefficient (Wildman–Crippen LogP) is 1.39. The Balaban J connectivity index is 2.03. The van der Waals surface area contributed by atoms with E-state index >= 15 is 0 Å². The van der Waals surface area contributed by atoms with E-state index in [-0.39, 0.29) is 5.82 Å². The molecule has 0 aliphatic carbocycles. The van der Waals surface area contributed by atoms with Gasteiger partial charge in [0.2, 0.25) is 0 Å². The zero-order valence-electron chi connectivity index (χ0n) is 10.7. The molecule has 1 aliphatic heterocycles. The van der Waals surface area contributed by atoms with Crippen molar-refractivity contribution in [3.8, 4) is 0 Å². The van der Waals surface area contributed by atoms with E-state index in [0.717, 1.165) is 51.0 Å². The average Bonchev–Trinajstić information content (AvgIpc) is 2.41. The number of carbonyl (C=O) groups is 1. The third kappa shape index (κ3) is 3.15. The number of nitrogens with zero attached hydrogens (tertiary/aromatic N) is 1. The first-order valence-corrected chi connectivity index (χ1v) is 6.38. The Kier molecular flexibility index (Phi) is 4.44. The summed E-state index contributed by atoms with van der Waals surface area (Å²) in [6.45, 7) is 6.61. The standard InChI is InChI=1S/C14H19FN2O/c1-11-8-13(10-18)12(9-14(11)15)2-5-17-6-3-16-4-7-17/h8-10,16H,2-7H2,1H3. The van der Waals surface area contributed by atoms with Crippen molar-refractivity contribution in [1.82, 2.24) is 10.2 Å². The lowest BCUT2D eigenvalue weighted by Gasteiger charge is -2.27. The lowest BCUT2D eigenvalue weighted by Crippen LogP contribution is -2.44. The van der Waals surface area contributed by atoms with Crippen LogP contribution in [0.1, 0.15) is 21.5 Å². The highest BCUT2D eigenvalue weighted by molar-refractivity contribution is 5.77. The molecule has 2 rings (SSSR count). The molecule has 0 radical (unpaired) electrons. The van der Waals surface area contributed by atoms with Gasteiger partial charge in [0.1, 0.15) is 12.1 Å². The van der Waals surface area contributed by atoms with Crippen LogP contribution in [0.3, 0.4) is 0 Å². The first kappa shape index (κ1) is 13.2. The van der Waals surface area contributed by atoms with Gasteiger partial charge in [-0.25, -0.2) is 4.39 Å². The van der Waals surface area contributed by atoms with Gasteiger partial charge in [0.05, 0.1) is 0 Å². The highest BCUT2D eigenvalue weighted by Crippen LogP contribution is 2.15. The minimum atomic E-state index is -0.226. The topological polar surface area (TPSA) is 32.3 Å². The van der Waals surface area contributed by atoms with Crippen molar-refractivity contribution in [2.24, 2.45) is 0 Å². The second kappa shape index (κ2) is 6.07. The van der Waals surface area contributed by atoms with Gasteiger partial charge in [-0.1, -0.05) is 0 Å². The third-order valence-electron chi connectivity index (χ3n) is 3.45. The Bertz CT molecular complexity index is 428. The zero-order chi connectivity index (χ0) is 13.0. The molecule has 1 aromatic rings. The van der Waals surface area contributed by atoms with E-state index in [1.165, 1.54) is 6.07 Å². The number of carbonyl (C=O) groups excluding carboxylic acids is 1. The summed E-state index contributed by atoms with van der Waals surface area (Å²) in [4.78, 5) is 13.3. The molecule has 1 fully saturated rings. The fourth-order valence-electron chi connectivity index (χ4n) is 2.28. The molecule has 0 aromatic heterocycles. The summed E-state index contributed by atoms with van der Waals surface area (Å²) in [5, 5.41) is 3.29. The monoisotopic (exact) mass is 250 g/mol. The summed E-state index contributed by atoms with van der Waals surface area (Å²) in [6.07, 6.45) is 1.55. The lowest BCUT2D eigenvalue weighted by atomic mass is 10.0. The molecule has 0 saturated carbocycles. The predicted molar refractivity (Wildman–Crippen MR) is 69.5 cm³/mol. The molecule has 1 heterocycles. The van der Waals surface area contributed by atoms with Crippen LogP contribution in [0.4, 0.5) is 4.39 Å². The second-order valence-corrected chi connectivity index (χ2v) is 4.76. The summed E-state index contributed by atoms with van der Waals surface area (Å²) in [7, 11) is 0. The molecule has 1 aliphatic rings. The summed E-state index contributed by atoms with van der Waals surface area (Å²) < 4.78 is 13.5. The molecule has 0 bridgehead atoms. The summed E-state index contributed by atoms with van der Waals surface area (Å²) in [5.41, 5.74) is 1.96. The number of hydrogen-bond acceptors (Lipinski definition) is 3. The first-order chi connectivity index (χ1) is 8.70. The number of rotatable bonds is 4. The molecule has 1 aromatic carbocycles. The SMILES string of the molecule is Cc1cc(C=O)c(CCN2CCNCC2)cc1F. The van der Waals surface area contributed by atoms with Gasteiger partial charge in [0.25, 0.3) is 0 Å². The molecule has 0 spiro atoms. The van der Waals surface area contributed by atoms with Gasteiger partial charge < -0.3 is 10.2 Å². The van der Waals surface area contributed by atoms with Crippen LogP contribution < -0.4 is 5.32 Å². The number of hydrogen-bond donors (Lipinski definition) is 1. The van der Waals surface area contributed by atoms with E-state index in [1.54, 1.807) is 13.0 Å². The van der Waals surface area contributed by atoms with Crippen LogP contribution in [0.2, 0.25) is 0 Å². The molecular formula is C14H19FN2O. The van der Waals surface area contributed by atoms with Gasteiger partial charge in [0, 0.05) is 38.3 Å². The molecule has 0 atom stereocenters. The summed E-state index contributed by atoms with van der Waals surface area (Å²) in [5.74, 6) is -0.226. The van der Waals surface area contributed by atoms with Gasteiger partial charge in [-0.2, -0.15) is 0 Å². The minimum Gasteiger partial charge on any atom is -0.314 e. The highest BCUT2D eigenvalue weighted by Gasteiger charge is 2.11. The Labute approximate surface area is 107 Å². The van der Waals surface area contributed by atoms with Crippen LogP contribution in [0.15, 0.2) is 12.1 Å². The molecule has 0 amide bonds. The van der Waals surface area contributed by atoms with Crippen LogP contribution in [0.25, 0.3) is 0 Å². The van der Waals surface area contributed by atoms with Crippen LogP contribution >= 0.6 is 0 Å². The smallest absolute Gasteiger partial charge is 0.150 e. The van der Waals surface area contributed by atoms with Crippen molar-refractivity contribution in [3.63, 3.8) is 0 Å². The first-order valence-electron chi connectivity index (χ1n) is 6.38. The van der Waals surface area contributed by atoms with E-state index < -0.39 is 0 Å². The quantitative estimate of drug-likeness (QED) is 0.820. The van der Waals surface area contributed by atoms with Gasteiger partial charge in [-0.3, -0.25) is 4.79 Å². The van der Waals surface area contributed by atoms with E-state index in [9.17, 15) is 9.18 Å². The van der Waals surface area contributed by atoms with Crippen molar-refractivity contribution in [1.29, 1.82) is 0 Å². The van der Waals surface area contributed by atoms with E-state index in [0.29, 0.717) is 11.1 Å². The maximum absolute atomic E-state index is 13.5. The number of halogens is 1. The largest absolute Gasteiger partial charge is 0.314 e. The minimum absolute atomic E-state index is 0.226. The Morgan fingerprint density at radius 1 is 1.39 bits per heavy atom. The maximum Gasteiger partial charge on any atom is 0.150 e. The van der Waals surface area contributed by atoms with Crippen molar-refractivity contribution in [3.05, 3.63) is 34.6 Å². The molecule has 1 saturated heterocycles. The molecular weight excluding hydrogens is 231 g/mol. The van der Waals surface area contributed by atoms with E-state index in [2.05, 4.69) is 10.2 Å². The number of aldehydes is 1. The van der Waals surface area contributed by atoms with Crippen LogP contribution in [-0.4, -0.2) is 43.9 Å². The Hall–Kier alpha value is -1.26. The molecule has 18 heavy (non-hydrogen) atoms. The number of benzene rings is 1. The fourth-order valence-corrected chi connectivity index (χ4v) is 2.28. The van der Waals surface area contributed by atoms with E-state index in [1.807, 2.05) is 0 Å². The normalized spacial score (nSPS) is 16.8. The Morgan fingerprint density at radius 2 is 2.11 bits per heavy atom. The number of piperazine rings is 1. The van der Waals surface area contributed by atoms with E-state index in [4.69, 9.17) is 0 Å². The summed E-state index contributed by atoms with van der Waals surface area (Å²) in [6, 6.07) is 3.14. The highest BCUT2D eigenvalue weighted by atomic mass is 19.1. The average molecular weight is 250 g/mol. The van der Waals surface area contributed by atoms with Gasteiger partial charge in [0.15, 0.2) is 0 Å². The second-order valence-electron chi connectivity index (χ2n) is 4.76. The molecule has 1 N–H and O–H groups in total. The van der Waals surface area contributed by atoms with Crippen molar-refractivity contribution in [2.45, 2.75) is 13.3 Å². The van der Waals surface area contributed by atoms with Crippen LogP contribution in [0, 0.1) is 12.7 Å². The molecule has 4 heteroatoms. The molecule has 3 nitrogen and oxygen atoms in total. The summed E-state index contributed by atoms with van der Waals surface area (Å²) >= 11 is 0. The molecule has 0 unspecified atom stereocenters. The fraction of sp³-hybridized carbons (Fsp3) is 0.500. The van der Waals surface area contributed by atoms with Gasteiger partial charge in [-0.15, -0.1) is 0 Å². The Morgan fingerprint density at radius 3 is 2.78 bits per heavy atom. The van der Waals surface area contributed by atoms with Crippen molar-refractivity contribution >= 4 is 6.29 Å². The van der Waals surface area contributed by atoms with Gasteiger partial charge in [-0.05, 0) is 36.6 Å². The molecule has 98 valence electrons. The zero-order valence-corrected chi connectivity index (χ0v) is 10.7. The number of nitrogens with one attached hydrogen (secondary N) is 1. The third-order valence-corrected chi connectivity index (χ3v) is 3.45. The maximum atomic E-state index is 13.5. The number of aryl methyl sites for hydroxylation is 1.